The summed E-state index contributed by atoms with van der Waals surface area (Å²) in [6.45, 7) is -0.0511. The highest BCUT2D eigenvalue weighted by molar-refractivity contribution is 7.89. The number of nitrogens with one attached hydrogen (secondary N) is 1. The molecule has 4 bridgehead atoms. The van der Waals surface area contributed by atoms with E-state index in [1.807, 2.05) is 0 Å². The van der Waals surface area contributed by atoms with Crippen LogP contribution in [0.4, 0.5) is 14.6 Å². The summed E-state index contributed by atoms with van der Waals surface area (Å²) in [6.07, 6.45) is 9.43. The standard InChI is InChI=1S/C25H28F2N4O3S/c26-18-1-2-20(27)22(8-18)35(33,34)31-4-3-19-21(13-31)28-14-29-24(19)30-23(32)12-25-9-15-5-16(10-25)7-17(6-15)11-25/h1-2,8,14-17H,3-7,9-13H2,(H,28,29,30,32). The molecule has 2 aromatic rings. The molecule has 5 aliphatic rings. The number of benzene rings is 1. The molecule has 0 radical (unpaired) electrons. The van der Waals surface area contributed by atoms with Crippen LogP contribution in [0.2, 0.25) is 0 Å². The summed E-state index contributed by atoms with van der Waals surface area (Å²) in [5, 5.41) is 2.98. The minimum Gasteiger partial charge on any atom is -0.310 e. The molecular weight excluding hydrogens is 474 g/mol. The van der Waals surface area contributed by atoms with Crippen molar-refractivity contribution in [3.05, 3.63) is 47.4 Å². The Kier molecular flexibility index (Phi) is 5.45. The number of amides is 1. The molecule has 4 fully saturated rings. The Balaban J connectivity index is 1.18. The molecule has 0 unspecified atom stereocenters. The zero-order chi connectivity index (χ0) is 24.4. The van der Waals surface area contributed by atoms with Gasteiger partial charge in [0, 0.05) is 18.5 Å². The highest BCUT2D eigenvalue weighted by atomic mass is 32.2. The van der Waals surface area contributed by atoms with Crippen molar-refractivity contribution in [2.45, 2.75) is 62.8 Å². The highest BCUT2D eigenvalue weighted by Gasteiger charge is 2.51. The summed E-state index contributed by atoms with van der Waals surface area (Å²) < 4.78 is 54.9. The smallest absolute Gasteiger partial charge is 0.246 e. The number of sulfonamides is 1. The van der Waals surface area contributed by atoms with Crippen molar-refractivity contribution in [1.82, 2.24) is 14.3 Å². The fraction of sp³-hybridized carbons (Fsp3) is 0.560. The van der Waals surface area contributed by atoms with E-state index >= 15 is 0 Å². The molecule has 7 nitrogen and oxygen atoms in total. The molecule has 4 saturated carbocycles. The SMILES string of the molecule is O=C(CC12CC3CC(CC(C3)C1)C2)Nc1ncnc2c1CCN(S(=O)(=O)c1cc(F)ccc1F)C2. The van der Waals surface area contributed by atoms with Crippen LogP contribution in [0.1, 0.15) is 56.2 Å². The van der Waals surface area contributed by atoms with Gasteiger partial charge in [0.05, 0.1) is 12.2 Å². The lowest BCUT2D eigenvalue weighted by atomic mass is 9.49. The van der Waals surface area contributed by atoms with E-state index in [0.717, 1.165) is 53.5 Å². The van der Waals surface area contributed by atoms with E-state index in [9.17, 15) is 22.0 Å². The van der Waals surface area contributed by atoms with Crippen molar-refractivity contribution >= 4 is 21.7 Å². The molecule has 186 valence electrons. The zero-order valence-electron chi connectivity index (χ0n) is 19.3. The van der Waals surface area contributed by atoms with Crippen LogP contribution in [-0.4, -0.2) is 35.1 Å². The van der Waals surface area contributed by atoms with Crippen molar-refractivity contribution in [2.75, 3.05) is 11.9 Å². The van der Waals surface area contributed by atoms with Gasteiger partial charge < -0.3 is 5.32 Å². The average molecular weight is 503 g/mol. The monoisotopic (exact) mass is 502 g/mol. The minimum atomic E-state index is -4.25. The van der Waals surface area contributed by atoms with Crippen LogP contribution in [0.3, 0.4) is 0 Å². The van der Waals surface area contributed by atoms with E-state index in [1.165, 1.54) is 25.6 Å². The fourth-order valence-electron chi connectivity index (χ4n) is 7.48. The average Bonchev–Trinajstić information content (AvgIpc) is 2.79. The zero-order valence-corrected chi connectivity index (χ0v) is 20.2. The van der Waals surface area contributed by atoms with Gasteiger partial charge in [-0.15, -0.1) is 0 Å². The first-order chi connectivity index (χ1) is 16.7. The van der Waals surface area contributed by atoms with Gasteiger partial charge >= 0.3 is 0 Å². The molecule has 0 atom stereocenters. The third kappa shape index (κ3) is 4.14. The Morgan fingerprint density at radius 2 is 1.77 bits per heavy atom. The quantitative estimate of drug-likeness (QED) is 0.666. The van der Waals surface area contributed by atoms with Gasteiger partial charge in [0.15, 0.2) is 0 Å². The summed E-state index contributed by atoms with van der Waals surface area (Å²) >= 11 is 0. The van der Waals surface area contributed by atoms with Crippen LogP contribution < -0.4 is 5.32 Å². The minimum absolute atomic E-state index is 0.0512. The summed E-state index contributed by atoms with van der Waals surface area (Å²) in [5.74, 6) is 0.819. The number of carbonyl (C=O) groups excluding carboxylic acids is 1. The predicted octanol–water partition coefficient (Wildman–Crippen LogP) is 4.05. The molecule has 1 aliphatic heterocycles. The molecule has 1 aromatic heterocycles. The normalized spacial score (nSPS) is 29.7. The number of fused-ring (bicyclic) bond motifs is 1. The van der Waals surface area contributed by atoms with E-state index in [2.05, 4.69) is 15.3 Å². The number of hydrogen-bond donors (Lipinski definition) is 1. The molecule has 2 heterocycles. The second-order valence-corrected chi connectivity index (χ2v) is 12.9. The Morgan fingerprint density at radius 1 is 1.09 bits per heavy atom. The van der Waals surface area contributed by atoms with Gasteiger partial charge in [-0.05, 0) is 86.3 Å². The maximum Gasteiger partial charge on any atom is 0.246 e. The van der Waals surface area contributed by atoms with E-state index in [-0.39, 0.29) is 30.8 Å². The van der Waals surface area contributed by atoms with Crippen molar-refractivity contribution < 1.29 is 22.0 Å². The lowest BCUT2D eigenvalue weighted by Crippen LogP contribution is -2.47. The van der Waals surface area contributed by atoms with Gasteiger partial charge in [-0.2, -0.15) is 4.31 Å². The van der Waals surface area contributed by atoms with Crippen LogP contribution >= 0.6 is 0 Å². The topological polar surface area (TPSA) is 92.3 Å². The largest absolute Gasteiger partial charge is 0.310 e. The van der Waals surface area contributed by atoms with E-state index in [0.29, 0.717) is 29.6 Å². The molecule has 4 aliphatic carbocycles. The first kappa shape index (κ1) is 23.0. The van der Waals surface area contributed by atoms with Crippen LogP contribution in [-0.2, 0) is 27.8 Å². The van der Waals surface area contributed by atoms with Gasteiger partial charge in [0.2, 0.25) is 15.9 Å². The van der Waals surface area contributed by atoms with Crippen molar-refractivity contribution in [3.63, 3.8) is 0 Å². The number of halogens is 2. The van der Waals surface area contributed by atoms with Gasteiger partial charge in [-0.1, -0.05) is 0 Å². The molecular formula is C25H28F2N4O3S. The lowest BCUT2D eigenvalue weighted by Gasteiger charge is -2.56. The molecule has 1 N–H and O–H groups in total. The van der Waals surface area contributed by atoms with E-state index in [4.69, 9.17) is 0 Å². The number of anilines is 1. The van der Waals surface area contributed by atoms with Crippen molar-refractivity contribution in [1.29, 1.82) is 0 Å². The summed E-state index contributed by atoms with van der Waals surface area (Å²) in [4.78, 5) is 20.9. The van der Waals surface area contributed by atoms with E-state index in [1.54, 1.807) is 0 Å². The van der Waals surface area contributed by atoms with Gasteiger partial charge in [0.25, 0.3) is 0 Å². The van der Waals surface area contributed by atoms with Gasteiger partial charge in [-0.3, -0.25) is 4.79 Å². The van der Waals surface area contributed by atoms with Crippen LogP contribution in [0.5, 0.6) is 0 Å². The molecule has 10 heteroatoms. The molecule has 0 saturated heterocycles. The Bertz CT molecular complexity index is 1260. The van der Waals surface area contributed by atoms with Gasteiger partial charge in [-0.25, -0.2) is 27.2 Å². The Labute approximate surface area is 203 Å². The molecule has 35 heavy (non-hydrogen) atoms. The second kappa shape index (κ2) is 8.30. The predicted molar refractivity (Wildman–Crippen MR) is 124 cm³/mol. The molecule has 1 aromatic carbocycles. The number of carbonyl (C=O) groups is 1. The maximum absolute atomic E-state index is 14.2. The van der Waals surface area contributed by atoms with Gasteiger partial charge in [0.1, 0.15) is 28.7 Å². The second-order valence-electron chi connectivity index (χ2n) is 11.0. The highest BCUT2D eigenvalue weighted by Crippen LogP contribution is 2.61. The summed E-state index contributed by atoms with van der Waals surface area (Å²) in [6, 6.07) is 2.38. The summed E-state index contributed by atoms with van der Waals surface area (Å²) in [5.41, 5.74) is 1.25. The first-order valence-corrected chi connectivity index (χ1v) is 13.7. The molecule has 7 rings (SSSR count). The van der Waals surface area contributed by atoms with Crippen molar-refractivity contribution in [3.8, 4) is 0 Å². The first-order valence-electron chi connectivity index (χ1n) is 12.3. The molecule has 0 spiro atoms. The van der Waals surface area contributed by atoms with Crippen LogP contribution in [0.15, 0.2) is 29.4 Å². The van der Waals surface area contributed by atoms with Crippen LogP contribution in [0.25, 0.3) is 0 Å². The molecule has 1 amide bonds. The third-order valence-corrected chi connectivity index (χ3v) is 10.3. The van der Waals surface area contributed by atoms with Crippen molar-refractivity contribution in [2.24, 2.45) is 23.2 Å². The summed E-state index contributed by atoms with van der Waals surface area (Å²) in [7, 11) is -4.25. The van der Waals surface area contributed by atoms with Crippen LogP contribution in [0, 0.1) is 34.8 Å². The fourth-order valence-corrected chi connectivity index (χ4v) is 8.96. The Hall–Kier alpha value is -2.46. The lowest BCUT2D eigenvalue weighted by molar-refractivity contribution is -0.124. The number of hydrogen-bond acceptors (Lipinski definition) is 5. The number of nitrogens with zero attached hydrogens (tertiary/aromatic N) is 3. The Morgan fingerprint density at radius 3 is 2.46 bits per heavy atom. The number of rotatable bonds is 5. The third-order valence-electron chi connectivity index (χ3n) is 8.44. The van der Waals surface area contributed by atoms with E-state index < -0.39 is 26.6 Å². The maximum atomic E-state index is 14.2. The number of aromatic nitrogens is 2.